The maximum atomic E-state index is 12.4. The minimum atomic E-state index is -0.478. The summed E-state index contributed by atoms with van der Waals surface area (Å²) in [5, 5.41) is 14.6. The van der Waals surface area contributed by atoms with Crippen molar-refractivity contribution in [2.75, 3.05) is 18.4 Å². The number of carbonyl (C=O) groups is 2. The summed E-state index contributed by atoms with van der Waals surface area (Å²) in [5.74, 6) is 0.125. The molecular weight excluding hydrogens is 366 g/mol. The van der Waals surface area contributed by atoms with Crippen molar-refractivity contribution in [3.8, 4) is 11.3 Å². The summed E-state index contributed by atoms with van der Waals surface area (Å²) in [6.45, 7) is 2.08. The van der Waals surface area contributed by atoms with Crippen molar-refractivity contribution in [1.29, 1.82) is 0 Å². The zero-order valence-electron chi connectivity index (χ0n) is 16.2. The van der Waals surface area contributed by atoms with Gasteiger partial charge in [0.1, 0.15) is 0 Å². The lowest BCUT2D eigenvalue weighted by Crippen LogP contribution is -2.30. The molecule has 5 N–H and O–H groups in total. The number of primary amides is 1. The van der Waals surface area contributed by atoms with Gasteiger partial charge in [0.15, 0.2) is 0 Å². The number of benzene rings is 2. The van der Waals surface area contributed by atoms with Gasteiger partial charge in [-0.3, -0.25) is 14.7 Å². The van der Waals surface area contributed by atoms with Crippen LogP contribution in [0.4, 0.5) is 5.69 Å². The Morgan fingerprint density at radius 3 is 2.90 bits per heavy atom. The molecule has 2 aromatic carbocycles. The van der Waals surface area contributed by atoms with Crippen molar-refractivity contribution in [3.05, 3.63) is 48.0 Å². The molecule has 2 heterocycles. The maximum absolute atomic E-state index is 12.4. The third-order valence-corrected chi connectivity index (χ3v) is 5.45. The summed E-state index contributed by atoms with van der Waals surface area (Å²) < 4.78 is 0. The number of amides is 2. The SMILES string of the molecule is NC(=O)c1ccc2[nH]nc(-c3cccc(NC(=O)CCC4CCCNC4)c3)c2c1. The van der Waals surface area contributed by atoms with Crippen LogP contribution in [0, 0.1) is 5.92 Å². The van der Waals surface area contributed by atoms with E-state index < -0.39 is 5.91 Å². The van der Waals surface area contributed by atoms with Crippen LogP contribution in [-0.4, -0.2) is 35.1 Å². The molecule has 1 aliphatic rings. The number of nitrogens with one attached hydrogen (secondary N) is 3. The highest BCUT2D eigenvalue weighted by Crippen LogP contribution is 2.29. The number of hydrogen-bond acceptors (Lipinski definition) is 4. The van der Waals surface area contributed by atoms with Crippen LogP contribution in [0.3, 0.4) is 0 Å². The average Bonchev–Trinajstić information content (AvgIpc) is 3.16. The summed E-state index contributed by atoms with van der Waals surface area (Å²) >= 11 is 0. The zero-order chi connectivity index (χ0) is 20.2. The van der Waals surface area contributed by atoms with E-state index in [0.29, 0.717) is 23.6 Å². The van der Waals surface area contributed by atoms with Crippen LogP contribution in [0.1, 0.15) is 36.0 Å². The highest BCUT2D eigenvalue weighted by Gasteiger charge is 2.15. The van der Waals surface area contributed by atoms with E-state index in [0.717, 1.165) is 41.7 Å². The van der Waals surface area contributed by atoms with E-state index in [1.165, 1.54) is 12.8 Å². The number of rotatable bonds is 6. The van der Waals surface area contributed by atoms with Gasteiger partial charge in [-0.15, -0.1) is 0 Å². The third-order valence-electron chi connectivity index (χ3n) is 5.45. The predicted octanol–water partition coefficient (Wildman–Crippen LogP) is 3.05. The largest absolute Gasteiger partial charge is 0.366 e. The zero-order valence-corrected chi connectivity index (χ0v) is 16.2. The number of carbonyl (C=O) groups excluding carboxylic acids is 2. The van der Waals surface area contributed by atoms with Gasteiger partial charge in [-0.2, -0.15) is 5.10 Å². The number of anilines is 1. The van der Waals surface area contributed by atoms with Gasteiger partial charge >= 0.3 is 0 Å². The summed E-state index contributed by atoms with van der Waals surface area (Å²) in [4.78, 5) is 23.9. The van der Waals surface area contributed by atoms with Crippen molar-refractivity contribution in [3.63, 3.8) is 0 Å². The quantitative estimate of drug-likeness (QED) is 0.517. The molecule has 1 atom stereocenters. The highest BCUT2D eigenvalue weighted by molar-refractivity contribution is 6.01. The molecule has 0 saturated carbocycles. The fourth-order valence-electron chi connectivity index (χ4n) is 3.86. The van der Waals surface area contributed by atoms with E-state index in [4.69, 9.17) is 5.73 Å². The summed E-state index contributed by atoms with van der Waals surface area (Å²) in [5.41, 5.74) is 8.96. The molecule has 1 fully saturated rings. The number of piperidine rings is 1. The van der Waals surface area contributed by atoms with Crippen LogP contribution in [0.15, 0.2) is 42.5 Å². The molecule has 3 aromatic rings. The molecular formula is C22H25N5O2. The number of fused-ring (bicyclic) bond motifs is 1. The first kappa shape index (κ1) is 19.1. The van der Waals surface area contributed by atoms with E-state index in [1.54, 1.807) is 18.2 Å². The normalized spacial score (nSPS) is 16.6. The second-order valence-corrected chi connectivity index (χ2v) is 7.58. The van der Waals surface area contributed by atoms with Crippen molar-refractivity contribution < 1.29 is 9.59 Å². The number of aromatic nitrogens is 2. The van der Waals surface area contributed by atoms with Gasteiger partial charge in [0, 0.05) is 28.6 Å². The Labute approximate surface area is 169 Å². The van der Waals surface area contributed by atoms with E-state index in [-0.39, 0.29) is 5.91 Å². The Bertz CT molecular complexity index is 1040. The van der Waals surface area contributed by atoms with Crippen LogP contribution >= 0.6 is 0 Å². The van der Waals surface area contributed by atoms with Crippen LogP contribution in [0.5, 0.6) is 0 Å². The Morgan fingerprint density at radius 2 is 2.10 bits per heavy atom. The fraction of sp³-hybridized carbons (Fsp3) is 0.318. The molecule has 1 unspecified atom stereocenters. The molecule has 1 aromatic heterocycles. The molecule has 2 amide bonds. The fourth-order valence-corrected chi connectivity index (χ4v) is 3.86. The Hall–Kier alpha value is -3.19. The van der Waals surface area contributed by atoms with Crippen LogP contribution in [-0.2, 0) is 4.79 Å². The van der Waals surface area contributed by atoms with E-state index >= 15 is 0 Å². The van der Waals surface area contributed by atoms with Gasteiger partial charge in [0.2, 0.25) is 11.8 Å². The van der Waals surface area contributed by atoms with Gasteiger partial charge in [0.25, 0.3) is 0 Å². The van der Waals surface area contributed by atoms with Crippen molar-refractivity contribution in [1.82, 2.24) is 15.5 Å². The molecule has 29 heavy (non-hydrogen) atoms. The molecule has 7 heteroatoms. The van der Waals surface area contributed by atoms with Gasteiger partial charge < -0.3 is 16.4 Å². The number of hydrogen-bond donors (Lipinski definition) is 4. The number of nitrogens with zero attached hydrogens (tertiary/aromatic N) is 1. The second-order valence-electron chi connectivity index (χ2n) is 7.58. The van der Waals surface area contributed by atoms with Crippen LogP contribution in [0.2, 0.25) is 0 Å². The Kier molecular flexibility index (Phi) is 5.57. The van der Waals surface area contributed by atoms with E-state index in [9.17, 15) is 9.59 Å². The smallest absolute Gasteiger partial charge is 0.248 e. The van der Waals surface area contributed by atoms with Crippen LogP contribution in [0.25, 0.3) is 22.2 Å². The van der Waals surface area contributed by atoms with Crippen molar-refractivity contribution >= 4 is 28.4 Å². The lowest BCUT2D eigenvalue weighted by atomic mass is 9.94. The Balaban J connectivity index is 1.48. The van der Waals surface area contributed by atoms with E-state index in [2.05, 4.69) is 20.8 Å². The minimum Gasteiger partial charge on any atom is -0.366 e. The third kappa shape index (κ3) is 4.46. The van der Waals surface area contributed by atoms with Crippen molar-refractivity contribution in [2.24, 2.45) is 11.7 Å². The minimum absolute atomic E-state index is 0.0237. The van der Waals surface area contributed by atoms with Gasteiger partial charge in [-0.25, -0.2) is 0 Å². The maximum Gasteiger partial charge on any atom is 0.248 e. The lowest BCUT2D eigenvalue weighted by Gasteiger charge is -2.22. The molecule has 0 aliphatic carbocycles. The molecule has 0 bridgehead atoms. The predicted molar refractivity (Wildman–Crippen MR) is 114 cm³/mol. The van der Waals surface area contributed by atoms with Crippen LogP contribution < -0.4 is 16.4 Å². The summed E-state index contributed by atoms with van der Waals surface area (Å²) in [6, 6.07) is 12.8. The number of nitrogens with two attached hydrogens (primary N) is 1. The van der Waals surface area contributed by atoms with Gasteiger partial charge in [-0.1, -0.05) is 12.1 Å². The molecule has 7 nitrogen and oxygen atoms in total. The van der Waals surface area contributed by atoms with Crippen molar-refractivity contribution in [2.45, 2.75) is 25.7 Å². The highest BCUT2D eigenvalue weighted by atomic mass is 16.1. The summed E-state index contributed by atoms with van der Waals surface area (Å²) in [7, 11) is 0. The molecule has 150 valence electrons. The average molecular weight is 391 g/mol. The standard InChI is InChI=1S/C22H25N5O2/c23-22(29)16-7-8-19-18(12-16)21(27-26-19)15-4-1-5-17(11-15)25-20(28)9-6-14-3-2-10-24-13-14/h1,4-5,7-8,11-12,14,24H,2-3,6,9-10,13H2,(H2,23,29)(H,25,28)(H,26,27). The topological polar surface area (TPSA) is 113 Å². The first-order valence-corrected chi connectivity index (χ1v) is 9.99. The monoisotopic (exact) mass is 391 g/mol. The second kappa shape index (κ2) is 8.45. The molecule has 1 aliphatic heterocycles. The van der Waals surface area contributed by atoms with Gasteiger partial charge in [-0.05, 0) is 68.6 Å². The Morgan fingerprint density at radius 1 is 1.21 bits per heavy atom. The molecule has 1 saturated heterocycles. The first-order valence-electron chi connectivity index (χ1n) is 9.99. The van der Waals surface area contributed by atoms with E-state index in [1.807, 2.05) is 24.3 Å². The number of H-pyrrole nitrogens is 1. The molecule has 4 rings (SSSR count). The first-order chi connectivity index (χ1) is 14.1. The summed E-state index contributed by atoms with van der Waals surface area (Å²) in [6.07, 6.45) is 3.79. The number of aromatic amines is 1. The molecule has 0 spiro atoms. The molecule has 0 radical (unpaired) electrons. The lowest BCUT2D eigenvalue weighted by molar-refractivity contribution is -0.116. The van der Waals surface area contributed by atoms with Gasteiger partial charge in [0.05, 0.1) is 11.2 Å².